The van der Waals surface area contributed by atoms with E-state index in [2.05, 4.69) is 10.4 Å². The molecule has 5 nitrogen and oxygen atoms in total. The van der Waals surface area contributed by atoms with E-state index >= 15 is 0 Å². The summed E-state index contributed by atoms with van der Waals surface area (Å²) in [6.07, 6.45) is 7.44. The fraction of sp³-hybridized carbons (Fsp3) is 0.600. The highest BCUT2D eigenvalue weighted by atomic mass is 19.1. The molecule has 1 aliphatic heterocycles. The molecule has 0 aromatic carbocycles. The maximum atomic E-state index is 14.2. The fourth-order valence-electron chi connectivity index (χ4n) is 3.67. The molecule has 114 valence electrons. The van der Waals surface area contributed by atoms with Crippen molar-refractivity contribution in [2.24, 2.45) is 17.7 Å². The van der Waals surface area contributed by atoms with Crippen LogP contribution in [-0.2, 0) is 0 Å². The third-order valence-corrected chi connectivity index (χ3v) is 4.83. The van der Waals surface area contributed by atoms with E-state index in [9.17, 15) is 9.18 Å². The largest absolute Gasteiger partial charge is 0.338 e. The zero-order chi connectivity index (χ0) is 14.8. The number of nitrogens with two attached hydrogens (primary N) is 1. The second-order valence-corrected chi connectivity index (χ2v) is 6.01. The van der Waals surface area contributed by atoms with Crippen LogP contribution in [0, 0.1) is 17.7 Å². The summed E-state index contributed by atoms with van der Waals surface area (Å²) in [5, 5.41) is 0. The fourth-order valence-corrected chi connectivity index (χ4v) is 3.67. The van der Waals surface area contributed by atoms with Gasteiger partial charge in [-0.3, -0.25) is 4.79 Å². The van der Waals surface area contributed by atoms with E-state index < -0.39 is 5.82 Å². The Hall–Kier alpha value is -1.69. The Kier molecular flexibility index (Phi) is 4.05. The number of amides is 1. The SMILES string of the molecule is NNc1nccc(C(=O)N2CCC3CCCCC3C2)c1F. The standard InChI is InChI=1S/C15H21FN4O/c16-13-12(5-7-18-14(13)19-17)15(21)20-8-6-10-3-1-2-4-11(10)9-20/h5,7,10-11H,1-4,6,8-9,17H2,(H,18,19). The summed E-state index contributed by atoms with van der Waals surface area (Å²) in [6, 6.07) is 1.42. The molecule has 1 aromatic rings. The lowest BCUT2D eigenvalue weighted by molar-refractivity contribution is 0.0516. The van der Waals surface area contributed by atoms with Gasteiger partial charge in [0.05, 0.1) is 5.56 Å². The lowest BCUT2D eigenvalue weighted by Gasteiger charge is -2.41. The molecule has 2 fully saturated rings. The molecule has 0 radical (unpaired) electrons. The molecule has 1 saturated carbocycles. The quantitative estimate of drug-likeness (QED) is 0.647. The average molecular weight is 292 g/mol. The van der Waals surface area contributed by atoms with Gasteiger partial charge in [-0.2, -0.15) is 0 Å². The Morgan fingerprint density at radius 3 is 2.86 bits per heavy atom. The molecule has 21 heavy (non-hydrogen) atoms. The number of hydrogen-bond donors (Lipinski definition) is 2. The predicted molar refractivity (Wildman–Crippen MR) is 78.0 cm³/mol. The van der Waals surface area contributed by atoms with Gasteiger partial charge in [0.25, 0.3) is 5.91 Å². The van der Waals surface area contributed by atoms with E-state index in [1.54, 1.807) is 4.90 Å². The minimum atomic E-state index is -0.671. The van der Waals surface area contributed by atoms with Gasteiger partial charge in [0, 0.05) is 19.3 Å². The summed E-state index contributed by atoms with van der Waals surface area (Å²) in [6.45, 7) is 1.46. The lowest BCUT2D eigenvalue weighted by Crippen LogP contribution is -2.45. The van der Waals surface area contributed by atoms with E-state index in [0.29, 0.717) is 12.5 Å². The third-order valence-electron chi connectivity index (χ3n) is 4.83. The van der Waals surface area contributed by atoms with Crippen LogP contribution in [0.3, 0.4) is 0 Å². The molecule has 0 spiro atoms. The van der Waals surface area contributed by atoms with Gasteiger partial charge in [-0.05, 0) is 30.7 Å². The zero-order valence-corrected chi connectivity index (χ0v) is 12.0. The summed E-state index contributed by atoms with van der Waals surface area (Å²) in [4.78, 5) is 18.1. The van der Waals surface area contributed by atoms with Crippen molar-refractivity contribution in [3.8, 4) is 0 Å². The monoisotopic (exact) mass is 292 g/mol. The number of rotatable bonds is 2. The molecule has 2 unspecified atom stereocenters. The molecule has 1 amide bonds. The smallest absolute Gasteiger partial charge is 0.257 e. The van der Waals surface area contributed by atoms with Gasteiger partial charge in [0.1, 0.15) is 0 Å². The number of fused-ring (bicyclic) bond motifs is 1. The van der Waals surface area contributed by atoms with Gasteiger partial charge in [-0.25, -0.2) is 15.2 Å². The first kappa shape index (κ1) is 14.3. The molecule has 1 aromatic heterocycles. The predicted octanol–water partition coefficient (Wildman–Crippen LogP) is 2.16. The van der Waals surface area contributed by atoms with Crippen LogP contribution in [-0.4, -0.2) is 28.9 Å². The first-order chi connectivity index (χ1) is 10.2. The van der Waals surface area contributed by atoms with Crippen LogP contribution in [0.25, 0.3) is 0 Å². The van der Waals surface area contributed by atoms with Crippen molar-refractivity contribution in [2.45, 2.75) is 32.1 Å². The highest BCUT2D eigenvalue weighted by molar-refractivity contribution is 5.95. The molecule has 2 aliphatic rings. The number of anilines is 1. The Morgan fingerprint density at radius 1 is 1.33 bits per heavy atom. The van der Waals surface area contributed by atoms with Crippen molar-refractivity contribution in [3.63, 3.8) is 0 Å². The van der Waals surface area contributed by atoms with Crippen LogP contribution in [0.2, 0.25) is 0 Å². The van der Waals surface area contributed by atoms with Gasteiger partial charge in [-0.15, -0.1) is 0 Å². The average Bonchev–Trinajstić information content (AvgIpc) is 2.54. The number of hydrazine groups is 1. The number of hydrogen-bond acceptors (Lipinski definition) is 4. The molecular formula is C15H21FN4O. The minimum absolute atomic E-state index is 0.0483. The number of aromatic nitrogens is 1. The molecule has 0 bridgehead atoms. The summed E-state index contributed by atoms with van der Waals surface area (Å²) in [7, 11) is 0. The molecule has 2 heterocycles. The Balaban J connectivity index is 1.76. The number of nitrogens with zero attached hydrogens (tertiary/aromatic N) is 2. The molecule has 6 heteroatoms. The summed E-state index contributed by atoms with van der Waals surface area (Å²) >= 11 is 0. The van der Waals surface area contributed by atoms with Gasteiger partial charge in [0.15, 0.2) is 11.6 Å². The van der Waals surface area contributed by atoms with Gasteiger partial charge in [0.2, 0.25) is 0 Å². The van der Waals surface area contributed by atoms with Crippen LogP contribution in [0.1, 0.15) is 42.5 Å². The number of nitrogens with one attached hydrogen (secondary N) is 1. The van der Waals surface area contributed by atoms with E-state index in [1.165, 1.54) is 37.9 Å². The molecule has 2 atom stereocenters. The molecule has 3 rings (SSSR count). The number of likely N-dealkylation sites (tertiary alicyclic amines) is 1. The van der Waals surface area contributed by atoms with Crippen molar-refractivity contribution in [3.05, 3.63) is 23.6 Å². The molecule has 1 aliphatic carbocycles. The van der Waals surface area contributed by atoms with Crippen LogP contribution in [0.5, 0.6) is 0 Å². The topological polar surface area (TPSA) is 71.2 Å². The van der Waals surface area contributed by atoms with Crippen LogP contribution in [0.4, 0.5) is 10.2 Å². The normalized spacial score (nSPS) is 25.3. The number of pyridine rings is 1. The Labute approximate surface area is 123 Å². The van der Waals surface area contributed by atoms with Crippen LogP contribution < -0.4 is 11.3 Å². The molecular weight excluding hydrogens is 271 g/mol. The van der Waals surface area contributed by atoms with E-state index in [1.807, 2.05) is 0 Å². The van der Waals surface area contributed by atoms with Gasteiger partial charge in [-0.1, -0.05) is 19.3 Å². The first-order valence-electron chi connectivity index (χ1n) is 7.61. The van der Waals surface area contributed by atoms with Crippen molar-refractivity contribution >= 4 is 11.7 Å². The minimum Gasteiger partial charge on any atom is -0.338 e. The maximum absolute atomic E-state index is 14.2. The van der Waals surface area contributed by atoms with E-state index in [4.69, 9.17) is 5.84 Å². The number of piperidine rings is 1. The van der Waals surface area contributed by atoms with Gasteiger partial charge >= 0.3 is 0 Å². The van der Waals surface area contributed by atoms with Crippen molar-refractivity contribution in [1.29, 1.82) is 0 Å². The number of nitrogen functional groups attached to an aromatic ring is 1. The second-order valence-electron chi connectivity index (χ2n) is 6.01. The summed E-state index contributed by atoms with van der Waals surface area (Å²) < 4.78 is 14.2. The first-order valence-corrected chi connectivity index (χ1v) is 7.61. The number of carbonyl (C=O) groups excluding carboxylic acids is 1. The highest BCUT2D eigenvalue weighted by Gasteiger charge is 2.34. The highest BCUT2D eigenvalue weighted by Crippen LogP contribution is 2.36. The summed E-state index contributed by atoms with van der Waals surface area (Å²) in [5.74, 6) is 5.51. The van der Waals surface area contributed by atoms with Crippen LogP contribution >= 0.6 is 0 Å². The van der Waals surface area contributed by atoms with Crippen LogP contribution in [0.15, 0.2) is 12.3 Å². The van der Waals surface area contributed by atoms with E-state index in [-0.39, 0.29) is 17.3 Å². The Bertz CT molecular complexity index is 536. The van der Waals surface area contributed by atoms with Gasteiger partial charge < -0.3 is 10.3 Å². The Morgan fingerprint density at radius 2 is 2.10 bits per heavy atom. The number of halogens is 1. The third kappa shape index (κ3) is 2.72. The summed E-state index contributed by atoms with van der Waals surface area (Å²) in [5.41, 5.74) is 2.23. The van der Waals surface area contributed by atoms with E-state index in [0.717, 1.165) is 18.9 Å². The maximum Gasteiger partial charge on any atom is 0.257 e. The van der Waals surface area contributed by atoms with Crippen molar-refractivity contribution in [2.75, 3.05) is 18.5 Å². The molecule has 3 N–H and O–H groups in total. The van der Waals surface area contributed by atoms with Crippen molar-refractivity contribution < 1.29 is 9.18 Å². The zero-order valence-electron chi connectivity index (χ0n) is 12.0. The van der Waals surface area contributed by atoms with Crippen molar-refractivity contribution in [1.82, 2.24) is 9.88 Å². The lowest BCUT2D eigenvalue weighted by atomic mass is 9.75. The molecule has 1 saturated heterocycles. The number of carbonyl (C=O) groups is 1. The second kappa shape index (κ2) is 5.97.